The molecule has 3 heteroatoms. The Morgan fingerprint density at radius 1 is 1.54 bits per heavy atom. The lowest BCUT2D eigenvalue weighted by atomic mass is 9.94. The Morgan fingerprint density at radius 3 is 2.69 bits per heavy atom. The van der Waals surface area contributed by atoms with Crippen molar-refractivity contribution >= 4 is 5.97 Å². The van der Waals surface area contributed by atoms with Crippen LogP contribution in [0, 0.1) is 13.0 Å². The van der Waals surface area contributed by atoms with Crippen LogP contribution in [0.15, 0.2) is 0 Å². The third-order valence-electron chi connectivity index (χ3n) is 2.47. The van der Waals surface area contributed by atoms with Gasteiger partial charge in [0.2, 0.25) is 0 Å². The average Bonchev–Trinajstić information content (AvgIpc) is 2.09. The van der Waals surface area contributed by atoms with E-state index in [1.807, 2.05) is 6.92 Å². The van der Waals surface area contributed by atoms with Gasteiger partial charge in [-0.15, -0.1) is 0 Å². The summed E-state index contributed by atoms with van der Waals surface area (Å²) in [4.78, 5) is 13.2. The molecule has 0 amide bonds. The molecular weight excluding hydrogens is 166 g/mol. The number of carbonyl (C=O) groups is 1. The molecule has 0 aromatic heterocycles. The smallest absolute Gasteiger partial charge is 0.306 e. The van der Waals surface area contributed by atoms with E-state index in [4.69, 9.17) is 4.74 Å². The van der Waals surface area contributed by atoms with Crippen LogP contribution in [0.25, 0.3) is 0 Å². The maximum absolute atomic E-state index is 11.1. The van der Waals surface area contributed by atoms with Gasteiger partial charge in [-0.3, -0.25) is 11.8 Å². The fraction of sp³-hybridized carbons (Fsp3) is 0.800. The summed E-state index contributed by atoms with van der Waals surface area (Å²) in [5, 5.41) is 0. The van der Waals surface area contributed by atoms with Crippen molar-refractivity contribution in [1.82, 2.24) is 4.90 Å². The van der Waals surface area contributed by atoms with Crippen molar-refractivity contribution in [1.29, 1.82) is 0 Å². The van der Waals surface area contributed by atoms with Gasteiger partial charge in [0, 0.05) is 6.42 Å². The van der Waals surface area contributed by atoms with E-state index in [2.05, 4.69) is 11.9 Å². The van der Waals surface area contributed by atoms with Crippen LogP contribution in [0.5, 0.6) is 0 Å². The minimum Gasteiger partial charge on any atom is -0.466 e. The van der Waals surface area contributed by atoms with Crippen LogP contribution in [0.1, 0.15) is 26.2 Å². The molecular formula is C10H18NO2-. The van der Waals surface area contributed by atoms with E-state index in [1.54, 1.807) is 0 Å². The van der Waals surface area contributed by atoms with E-state index in [1.165, 1.54) is 0 Å². The van der Waals surface area contributed by atoms with Gasteiger partial charge in [0.05, 0.1) is 6.61 Å². The summed E-state index contributed by atoms with van der Waals surface area (Å²) in [5.41, 5.74) is 0. The Hall–Kier alpha value is -0.570. The van der Waals surface area contributed by atoms with Crippen LogP contribution in [-0.4, -0.2) is 30.6 Å². The molecule has 1 aliphatic heterocycles. The van der Waals surface area contributed by atoms with Gasteiger partial charge < -0.3 is 9.64 Å². The summed E-state index contributed by atoms with van der Waals surface area (Å²) < 4.78 is 4.90. The number of nitrogens with zero attached hydrogens (tertiary/aromatic N) is 1. The molecule has 0 bridgehead atoms. The van der Waals surface area contributed by atoms with Gasteiger partial charge in [0.25, 0.3) is 0 Å². The molecule has 3 nitrogen and oxygen atoms in total. The number of piperidine rings is 1. The molecule has 13 heavy (non-hydrogen) atoms. The third kappa shape index (κ3) is 3.77. The molecule has 0 aliphatic carbocycles. The molecule has 1 fully saturated rings. The molecule has 0 aromatic carbocycles. The lowest BCUT2D eigenvalue weighted by Crippen LogP contribution is -2.29. The van der Waals surface area contributed by atoms with E-state index >= 15 is 0 Å². The van der Waals surface area contributed by atoms with E-state index in [9.17, 15) is 4.79 Å². The van der Waals surface area contributed by atoms with Gasteiger partial charge in [-0.1, -0.05) is 0 Å². The first-order valence-electron chi connectivity index (χ1n) is 4.93. The highest BCUT2D eigenvalue weighted by Gasteiger charge is 2.17. The highest BCUT2D eigenvalue weighted by Crippen LogP contribution is 2.20. The zero-order chi connectivity index (χ0) is 9.68. The van der Waals surface area contributed by atoms with Crippen molar-refractivity contribution in [3.63, 3.8) is 0 Å². The average molecular weight is 184 g/mol. The second-order valence-electron chi connectivity index (χ2n) is 3.57. The summed E-state index contributed by atoms with van der Waals surface area (Å²) in [6.45, 7) is 4.34. The molecule has 0 spiro atoms. The Labute approximate surface area is 80.1 Å². The molecule has 1 aliphatic rings. The number of ether oxygens (including phenoxy) is 1. The topological polar surface area (TPSA) is 29.5 Å². The second kappa shape index (κ2) is 5.22. The largest absolute Gasteiger partial charge is 0.466 e. The number of rotatable bonds is 3. The monoisotopic (exact) mass is 184 g/mol. The zero-order valence-corrected chi connectivity index (χ0v) is 8.29. The number of carbonyl (C=O) groups excluding carboxylic acids is 1. The fourth-order valence-corrected chi connectivity index (χ4v) is 1.65. The summed E-state index contributed by atoms with van der Waals surface area (Å²) in [6.07, 6.45) is 2.73. The molecule has 1 saturated heterocycles. The van der Waals surface area contributed by atoms with Crippen molar-refractivity contribution < 1.29 is 9.53 Å². The van der Waals surface area contributed by atoms with Gasteiger partial charge in [0.1, 0.15) is 0 Å². The Bertz CT molecular complexity index is 162. The summed E-state index contributed by atoms with van der Waals surface area (Å²) >= 11 is 0. The minimum absolute atomic E-state index is 0.0509. The van der Waals surface area contributed by atoms with Crippen LogP contribution in [0.2, 0.25) is 0 Å². The highest BCUT2D eigenvalue weighted by atomic mass is 16.5. The fourth-order valence-electron chi connectivity index (χ4n) is 1.65. The molecule has 1 heterocycles. The van der Waals surface area contributed by atoms with Crippen molar-refractivity contribution in [3.05, 3.63) is 7.05 Å². The van der Waals surface area contributed by atoms with Crippen LogP contribution in [-0.2, 0) is 9.53 Å². The number of hydrogen-bond donors (Lipinski definition) is 0. The van der Waals surface area contributed by atoms with Gasteiger partial charge in [-0.25, -0.2) is 0 Å². The highest BCUT2D eigenvalue weighted by molar-refractivity contribution is 5.69. The molecule has 0 N–H and O–H groups in total. The quantitative estimate of drug-likeness (QED) is 0.491. The van der Waals surface area contributed by atoms with E-state index < -0.39 is 0 Å². The third-order valence-corrected chi connectivity index (χ3v) is 2.47. The Balaban J connectivity index is 2.18. The molecule has 1 rings (SSSR count). The Kier molecular flexibility index (Phi) is 4.22. The number of esters is 1. The first-order valence-corrected chi connectivity index (χ1v) is 4.93. The van der Waals surface area contributed by atoms with Crippen molar-refractivity contribution in [2.24, 2.45) is 5.92 Å². The van der Waals surface area contributed by atoms with Crippen molar-refractivity contribution in [3.8, 4) is 0 Å². The molecule has 76 valence electrons. The zero-order valence-electron chi connectivity index (χ0n) is 8.29. The van der Waals surface area contributed by atoms with Gasteiger partial charge in [0.15, 0.2) is 0 Å². The molecule has 0 atom stereocenters. The van der Waals surface area contributed by atoms with Crippen molar-refractivity contribution in [2.45, 2.75) is 26.2 Å². The number of hydrogen-bond acceptors (Lipinski definition) is 3. The van der Waals surface area contributed by atoms with E-state index in [0.717, 1.165) is 25.9 Å². The lowest BCUT2D eigenvalue weighted by Gasteiger charge is -2.33. The Morgan fingerprint density at radius 2 is 2.15 bits per heavy atom. The van der Waals surface area contributed by atoms with Crippen LogP contribution >= 0.6 is 0 Å². The normalized spacial score (nSPS) is 20.2. The minimum atomic E-state index is -0.0509. The summed E-state index contributed by atoms with van der Waals surface area (Å²) in [7, 11) is 3.86. The van der Waals surface area contributed by atoms with Crippen molar-refractivity contribution in [2.75, 3.05) is 19.7 Å². The molecule has 0 radical (unpaired) electrons. The van der Waals surface area contributed by atoms with Gasteiger partial charge >= 0.3 is 5.97 Å². The van der Waals surface area contributed by atoms with Crippen LogP contribution < -0.4 is 0 Å². The predicted molar refractivity (Wildman–Crippen MR) is 50.9 cm³/mol. The first-order chi connectivity index (χ1) is 6.22. The SMILES string of the molecule is [CH2-]N1CCC(CC(=O)OCC)CC1. The second-order valence-corrected chi connectivity index (χ2v) is 3.57. The molecule has 0 unspecified atom stereocenters. The summed E-state index contributed by atoms with van der Waals surface area (Å²) in [6, 6.07) is 0. The standard InChI is InChI=1S/C10H18NO2/c1-3-13-10(12)8-9-4-6-11(2)7-5-9/h9H,2-8H2,1H3/q-1. The van der Waals surface area contributed by atoms with E-state index in [-0.39, 0.29) is 5.97 Å². The molecule has 0 aromatic rings. The lowest BCUT2D eigenvalue weighted by molar-refractivity contribution is -0.144. The summed E-state index contributed by atoms with van der Waals surface area (Å²) in [5.74, 6) is 0.460. The number of likely N-dealkylation sites (tertiary alicyclic amines) is 1. The first kappa shape index (κ1) is 10.5. The van der Waals surface area contributed by atoms with Gasteiger partial charge in [-0.2, -0.15) is 0 Å². The van der Waals surface area contributed by atoms with E-state index in [0.29, 0.717) is 18.9 Å². The predicted octanol–water partition coefficient (Wildman–Crippen LogP) is 1.44. The van der Waals surface area contributed by atoms with Crippen LogP contribution in [0.4, 0.5) is 0 Å². The van der Waals surface area contributed by atoms with Gasteiger partial charge in [-0.05, 0) is 38.8 Å². The maximum atomic E-state index is 11.1. The van der Waals surface area contributed by atoms with Crippen LogP contribution in [0.3, 0.4) is 0 Å². The molecule has 0 saturated carbocycles. The maximum Gasteiger partial charge on any atom is 0.306 e.